The maximum absolute atomic E-state index is 12.8. The lowest BCUT2D eigenvalue weighted by Gasteiger charge is -2.14. The first kappa shape index (κ1) is 22.8. The van der Waals surface area contributed by atoms with Crippen LogP contribution in [0.2, 0.25) is 0 Å². The highest BCUT2D eigenvalue weighted by Gasteiger charge is 2.31. The smallest absolute Gasteiger partial charge is 0.266 e. The first-order valence-corrected chi connectivity index (χ1v) is 11.2. The molecule has 0 unspecified atom stereocenters. The molecule has 0 aromatic heterocycles. The fourth-order valence-electron chi connectivity index (χ4n) is 3.04. The van der Waals surface area contributed by atoms with Crippen molar-refractivity contribution in [3.63, 3.8) is 0 Å². The van der Waals surface area contributed by atoms with Crippen molar-refractivity contribution in [2.24, 2.45) is 0 Å². The van der Waals surface area contributed by atoms with Gasteiger partial charge in [-0.05, 0) is 49.2 Å². The molecule has 31 heavy (non-hydrogen) atoms. The summed E-state index contributed by atoms with van der Waals surface area (Å²) >= 11 is 6.65. The summed E-state index contributed by atoms with van der Waals surface area (Å²) < 4.78 is 11.3. The number of nitrogens with one attached hydrogen (secondary N) is 1. The summed E-state index contributed by atoms with van der Waals surface area (Å²) in [5.41, 5.74) is 1.51. The van der Waals surface area contributed by atoms with E-state index in [2.05, 4.69) is 5.32 Å². The SMILES string of the molecule is CCOc1ccccc1NC(=O)CCCN1C(=O)C(=Cc2cccc(OC)c2)SC1=S. The molecule has 1 saturated heterocycles. The van der Waals surface area contributed by atoms with Crippen LogP contribution in [-0.4, -0.2) is 41.3 Å². The Hall–Kier alpha value is -2.84. The Morgan fingerprint density at radius 2 is 2.03 bits per heavy atom. The van der Waals surface area contributed by atoms with E-state index in [1.54, 1.807) is 24.2 Å². The van der Waals surface area contributed by atoms with Gasteiger partial charge in [-0.2, -0.15) is 0 Å². The van der Waals surface area contributed by atoms with Gasteiger partial charge in [0, 0.05) is 13.0 Å². The molecule has 0 aliphatic carbocycles. The molecule has 2 aromatic rings. The second kappa shape index (κ2) is 11.0. The zero-order valence-electron chi connectivity index (χ0n) is 17.4. The molecular weight excluding hydrogens is 432 g/mol. The average molecular weight is 457 g/mol. The quantitative estimate of drug-likeness (QED) is 0.435. The standard InChI is InChI=1S/C23H24N2O4S2/c1-3-29-19-11-5-4-10-18(19)24-21(26)12-7-13-25-22(27)20(31-23(25)30)15-16-8-6-9-17(14-16)28-2/h4-6,8-11,14-15H,3,7,12-13H2,1-2H3,(H,24,26). The van der Waals surface area contributed by atoms with Gasteiger partial charge >= 0.3 is 0 Å². The van der Waals surface area contributed by atoms with Crippen LogP contribution < -0.4 is 14.8 Å². The molecule has 0 bridgehead atoms. The van der Waals surface area contributed by atoms with Crippen molar-refractivity contribution in [3.05, 3.63) is 59.0 Å². The molecule has 0 spiro atoms. The highest BCUT2D eigenvalue weighted by molar-refractivity contribution is 8.26. The number of benzene rings is 2. The van der Waals surface area contributed by atoms with Crippen LogP contribution in [0.1, 0.15) is 25.3 Å². The maximum Gasteiger partial charge on any atom is 0.266 e. The highest BCUT2D eigenvalue weighted by atomic mass is 32.2. The van der Waals surface area contributed by atoms with Gasteiger partial charge in [-0.15, -0.1) is 0 Å². The van der Waals surface area contributed by atoms with Gasteiger partial charge in [0.1, 0.15) is 15.8 Å². The number of para-hydroxylation sites is 2. The van der Waals surface area contributed by atoms with Crippen LogP contribution in [-0.2, 0) is 9.59 Å². The van der Waals surface area contributed by atoms with Gasteiger partial charge in [-0.3, -0.25) is 14.5 Å². The van der Waals surface area contributed by atoms with Gasteiger partial charge in [0.2, 0.25) is 5.91 Å². The maximum atomic E-state index is 12.8. The number of amides is 2. The normalized spacial score (nSPS) is 14.8. The van der Waals surface area contributed by atoms with Crippen LogP contribution in [0, 0.1) is 0 Å². The molecular formula is C23H24N2O4S2. The first-order valence-electron chi connectivity index (χ1n) is 9.93. The van der Waals surface area contributed by atoms with Gasteiger partial charge in [0.25, 0.3) is 5.91 Å². The minimum atomic E-state index is -0.139. The predicted octanol–water partition coefficient (Wildman–Crippen LogP) is 4.71. The first-order chi connectivity index (χ1) is 15.0. The van der Waals surface area contributed by atoms with Crippen LogP contribution in [0.5, 0.6) is 11.5 Å². The number of rotatable bonds is 9. The average Bonchev–Trinajstić information content (AvgIpc) is 3.02. The number of carbonyl (C=O) groups excluding carboxylic acids is 2. The molecule has 1 heterocycles. The molecule has 6 nitrogen and oxygen atoms in total. The highest BCUT2D eigenvalue weighted by Crippen LogP contribution is 2.33. The number of carbonyl (C=O) groups is 2. The fourth-order valence-corrected chi connectivity index (χ4v) is 4.35. The molecule has 162 valence electrons. The summed E-state index contributed by atoms with van der Waals surface area (Å²) in [4.78, 5) is 27.2. The van der Waals surface area contributed by atoms with Crippen molar-refractivity contribution in [1.82, 2.24) is 4.90 Å². The van der Waals surface area contributed by atoms with Crippen molar-refractivity contribution in [2.75, 3.05) is 25.6 Å². The number of hydrogen-bond acceptors (Lipinski definition) is 6. The van der Waals surface area contributed by atoms with E-state index < -0.39 is 0 Å². The summed E-state index contributed by atoms with van der Waals surface area (Å²) in [6.07, 6.45) is 2.58. The van der Waals surface area contributed by atoms with Gasteiger partial charge < -0.3 is 14.8 Å². The molecule has 0 saturated carbocycles. The third kappa shape index (κ3) is 6.08. The van der Waals surface area contributed by atoms with Crippen molar-refractivity contribution < 1.29 is 19.1 Å². The summed E-state index contributed by atoms with van der Waals surface area (Å²) in [6, 6.07) is 14.8. The summed E-state index contributed by atoms with van der Waals surface area (Å²) in [5.74, 6) is 1.09. The number of hydrogen-bond donors (Lipinski definition) is 1. The number of thiocarbonyl (C=S) groups is 1. The molecule has 1 aliphatic rings. The molecule has 1 aliphatic heterocycles. The number of anilines is 1. The van der Waals surface area contributed by atoms with Gasteiger partial charge in [0.05, 0.1) is 24.3 Å². The van der Waals surface area contributed by atoms with Crippen LogP contribution in [0.15, 0.2) is 53.4 Å². The van der Waals surface area contributed by atoms with E-state index in [-0.39, 0.29) is 18.2 Å². The second-order valence-electron chi connectivity index (χ2n) is 6.69. The molecule has 2 amide bonds. The second-order valence-corrected chi connectivity index (χ2v) is 8.37. The lowest BCUT2D eigenvalue weighted by Crippen LogP contribution is -2.29. The predicted molar refractivity (Wildman–Crippen MR) is 128 cm³/mol. The minimum Gasteiger partial charge on any atom is -0.497 e. The lowest BCUT2D eigenvalue weighted by molar-refractivity contribution is -0.122. The Morgan fingerprint density at radius 3 is 2.81 bits per heavy atom. The summed E-state index contributed by atoms with van der Waals surface area (Å²) in [6.45, 7) is 2.80. The van der Waals surface area contributed by atoms with Crippen molar-refractivity contribution in [3.8, 4) is 11.5 Å². The van der Waals surface area contributed by atoms with E-state index in [0.717, 1.165) is 11.3 Å². The Labute approximate surface area is 191 Å². The minimum absolute atomic E-state index is 0.135. The lowest BCUT2D eigenvalue weighted by atomic mass is 10.2. The molecule has 2 aromatic carbocycles. The summed E-state index contributed by atoms with van der Waals surface area (Å²) in [7, 11) is 1.60. The third-order valence-corrected chi connectivity index (χ3v) is 5.89. The van der Waals surface area contributed by atoms with Gasteiger partial charge in [-0.25, -0.2) is 0 Å². The largest absolute Gasteiger partial charge is 0.497 e. The van der Waals surface area contributed by atoms with Crippen LogP contribution >= 0.6 is 24.0 Å². The molecule has 8 heteroatoms. The number of nitrogens with zero attached hydrogens (tertiary/aromatic N) is 1. The molecule has 1 fully saturated rings. The zero-order chi connectivity index (χ0) is 22.2. The number of ether oxygens (including phenoxy) is 2. The van der Waals surface area contributed by atoms with E-state index in [1.807, 2.05) is 49.4 Å². The molecule has 1 N–H and O–H groups in total. The van der Waals surface area contributed by atoms with E-state index in [0.29, 0.717) is 40.2 Å². The Morgan fingerprint density at radius 1 is 1.23 bits per heavy atom. The topological polar surface area (TPSA) is 67.9 Å². The third-order valence-electron chi connectivity index (χ3n) is 4.51. The number of thioether (sulfide) groups is 1. The Bertz CT molecular complexity index is 1010. The van der Waals surface area contributed by atoms with Crippen LogP contribution in [0.3, 0.4) is 0 Å². The van der Waals surface area contributed by atoms with Crippen molar-refractivity contribution >= 4 is 51.9 Å². The van der Waals surface area contributed by atoms with Crippen molar-refractivity contribution in [1.29, 1.82) is 0 Å². The Kier molecular flexibility index (Phi) is 8.08. The van der Waals surface area contributed by atoms with Crippen molar-refractivity contribution in [2.45, 2.75) is 19.8 Å². The molecule has 0 radical (unpaired) electrons. The van der Waals surface area contributed by atoms with Gasteiger partial charge in [0.15, 0.2) is 0 Å². The fraction of sp³-hybridized carbons (Fsp3) is 0.261. The van der Waals surface area contributed by atoms with E-state index in [4.69, 9.17) is 21.7 Å². The Balaban J connectivity index is 1.55. The van der Waals surface area contributed by atoms with E-state index in [1.165, 1.54) is 11.8 Å². The number of methoxy groups -OCH3 is 1. The van der Waals surface area contributed by atoms with E-state index >= 15 is 0 Å². The monoisotopic (exact) mass is 456 g/mol. The summed E-state index contributed by atoms with van der Waals surface area (Å²) in [5, 5.41) is 2.87. The van der Waals surface area contributed by atoms with Gasteiger partial charge in [-0.1, -0.05) is 48.2 Å². The zero-order valence-corrected chi connectivity index (χ0v) is 19.1. The molecule has 0 atom stereocenters. The van der Waals surface area contributed by atoms with Crippen LogP contribution in [0.25, 0.3) is 6.08 Å². The van der Waals surface area contributed by atoms with Crippen LogP contribution in [0.4, 0.5) is 5.69 Å². The van der Waals surface area contributed by atoms with E-state index in [9.17, 15) is 9.59 Å². The molecule has 3 rings (SSSR count).